The maximum absolute atomic E-state index is 8.26. The van der Waals surface area contributed by atoms with Gasteiger partial charge in [-0.2, -0.15) is 0 Å². The van der Waals surface area contributed by atoms with Crippen molar-refractivity contribution in [3.63, 3.8) is 0 Å². The highest BCUT2D eigenvalue weighted by Gasteiger charge is 2.34. The summed E-state index contributed by atoms with van der Waals surface area (Å²) in [6.45, 7) is 37.2. The molecule has 0 amide bonds. The maximum Gasteiger partial charge on any atom is 0.144 e. The Labute approximate surface area is 419 Å². The van der Waals surface area contributed by atoms with Crippen molar-refractivity contribution in [2.75, 3.05) is 0 Å². The number of benzene rings is 9. The highest BCUT2D eigenvalue weighted by Crippen LogP contribution is 2.60. The van der Waals surface area contributed by atoms with E-state index in [0.29, 0.717) is 0 Å². The summed E-state index contributed by atoms with van der Waals surface area (Å²) in [6, 6.07) is 46.1. The molecule has 0 fully saturated rings. The third-order valence-corrected chi connectivity index (χ3v) is 15.1. The van der Waals surface area contributed by atoms with Gasteiger partial charge in [-0.25, -0.2) is 0 Å². The van der Waals surface area contributed by atoms with Crippen LogP contribution >= 0.6 is 0 Å². The van der Waals surface area contributed by atoms with Gasteiger partial charge in [-0.15, -0.1) is 0 Å². The Bertz CT molecular complexity index is 3280. The van der Waals surface area contributed by atoms with E-state index >= 15 is 0 Å². The largest absolute Gasteiger partial charge is 0.456 e. The number of fused-ring (bicyclic) bond motifs is 2. The first-order chi connectivity index (χ1) is 33.4. The summed E-state index contributed by atoms with van der Waals surface area (Å²) in [7, 11) is 0. The summed E-state index contributed by atoms with van der Waals surface area (Å²) in [5, 5.41) is 9.47. The first-order valence-electron chi connectivity index (χ1n) is 26.5. The van der Waals surface area contributed by atoms with E-state index in [0.717, 1.165) is 33.8 Å². The molecule has 0 saturated carbocycles. The zero-order valence-corrected chi connectivity index (χ0v) is 45.0. The minimum atomic E-state index is 0.229. The van der Waals surface area contributed by atoms with Crippen LogP contribution in [-0.2, 0) is 0 Å². The Hall–Kier alpha value is -6.12. The molecular weight excluding hydrogens is 849 g/mol. The Morgan fingerprint density at radius 1 is 0.243 bits per heavy atom. The van der Waals surface area contributed by atoms with Gasteiger partial charge in [0, 0.05) is 27.3 Å². The fourth-order valence-corrected chi connectivity index (χ4v) is 11.6. The first-order valence-corrected chi connectivity index (χ1v) is 26.5. The van der Waals surface area contributed by atoms with Gasteiger partial charge in [-0.05, 0) is 142 Å². The summed E-state index contributed by atoms with van der Waals surface area (Å²) < 4.78 is 15.9. The van der Waals surface area contributed by atoms with Gasteiger partial charge in [0.15, 0.2) is 0 Å². The molecule has 0 atom stereocenters. The topological polar surface area (TPSA) is 18.5 Å². The third kappa shape index (κ3) is 8.24. The monoisotopic (exact) mass is 925 g/mol. The quantitative estimate of drug-likeness (QED) is 0.0799. The molecule has 2 heteroatoms. The van der Waals surface area contributed by atoms with E-state index in [1.54, 1.807) is 0 Å². The second-order valence-corrected chi connectivity index (χ2v) is 22.6. The maximum atomic E-state index is 8.26. The van der Waals surface area contributed by atoms with Crippen molar-refractivity contribution >= 4 is 43.1 Å². The molecular formula is C68H76O2. The SMILES string of the molecule is CC(C)c1cccc(C(C)C)c1Oc1ccc2c(-c3c(C(C)C)cccc3C(C)C)c(-c3c(C(C)C)cccc3C(C)C)c(Oc3c(C(C)C)cccc3C(C)C)c3c4cccc5cccc(c1c23)c54. The first kappa shape index (κ1) is 48.9. The van der Waals surface area contributed by atoms with Crippen LogP contribution in [0.3, 0.4) is 0 Å². The molecule has 9 aromatic rings. The summed E-state index contributed by atoms with van der Waals surface area (Å²) in [6.07, 6.45) is 0. The van der Waals surface area contributed by atoms with Crippen LogP contribution in [0.4, 0.5) is 0 Å². The van der Waals surface area contributed by atoms with Crippen LogP contribution in [0, 0.1) is 0 Å². The van der Waals surface area contributed by atoms with E-state index in [-0.39, 0.29) is 47.3 Å². The minimum absolute atomic E-state index is 0.229. The molecule has 0 N–H and O–H groups in total. The Morgan fingerprint density at radius 3 is 0.986 bits per heavy atom. The summed E-state index contributed by atoms with van der Waals surface area (Å²) in [5.74, 6) is 5.73. The highest BCUT2D eigenvalue weighted by molar-refractivity contribution is 6.38. The van der Waals surface area contributed by atoms with Crippen molar-refractivity contribution in [3.8, 4) is 45.3 Å². The molecule has 2 nitrogen and oxygen atoms in total. The molecule has 0 aliphatic heterocycles. The van der Waals surface area contributed by atoms with Gasteiger partial charge in [-0.1, -0.05) is 220 Å². The Morgan fingerprint density at radius 2 is 0.586 bits per heavy atom. The molecule has 9 rings (SSSR count). The highest BCUT2D eigenvalue weighted by atomic mass is 16.5. The van der Waals surface area contributed by atoms with E-state index in [1.165, 1.54) is 99.1 Å². The number of hydrogen-bond acceptors (Lipinski definition) is 2. The fourth-order valence-electron chi connectivity index (χ4n) is 11.6. The van der Waals surface area contributed by atoms with Crippen LogP contribution in [0.25, 0.3) is 65.3 Å². The normalized spacial score (nSPS) is 12.5. The molecule has 9 aromatic carbocycles. The van der Waals surface area contributed by atoms with Gasteiger partial charge < -0.3 is 9.47 Å². The van der Waals surface area contributed by atoms with Gasteiger partial charge in [0.2, 0.25) is 0 Å². The van der Waals surface area contributed by atoms with Crippen molar-refractivity contribution in [1.82, 2.24) is 0 Å². The Balaban J connectivity index is 1.65. The van der Waals surface area contributed by atoms with E-state index in [2.05, 4.69) is 232 Å². The molecule has 0 aliphatic rings. The standard InChI is InChI=1S/C68H76O2/c1-37(2)46-25-19-26-47(38(3)4)59(46)62-56-35-36-57(69-66-50(41(9)10)29-21-30-51(66)42(11)12)61-54-33-17-23-45-24-18-34-55(58(45)54)64(63(56)61)68(70-67-52(43(13)14)31-22-32-53(67)44(15)16)65(62)60-48(39(5)6)27-20-28-49(60)40(7)8/h17-44H,1-16H3. The van der Waals surface area contributed by atoms with Gasteiger partial charge in [-0.3, -0.25) is 0 Å². The minimum Gasteiger partial charge on any atom is -0.456 e. The molecule has 0 bridgehead atoms. The van der Waals surface area contributed by atoms with Crippen LogP contribution in [0.5, 0.6) is 23.0 Å². The average molecular weight is 925 g/mol. The van der Waals surface area contributed by atoms with Crippen LogP contribution in [0.1, 0.15) is 203 Å². The summed E-state index contributed by atoms with van der Waals surface area (Å²) in [4.78, 5) is 0. The van der Waals surface area contributed by atoms with Crippen LogP contribution < -0.4 is 9.47 Å². The van der Waals surface area contributed by atoms with E-state index in [9.17, 15) is 0 Å². The molecule has 0 aliphatic carbocycles. The van der Waals surface area contributed by atoms with E-state index in [4.69, 9.17) is 9.47 Å². The molecule has 0 radical (unpaired) electrons. The van der Waals surface area contributed by atoms with Crippen molar-refractivity contribution in [2.45, 2.75) is 158 Å². The smallest absolute Gasteiger partial charge is 0.144 e. The van der Waals surface area contributed by atoms with Crippen molar-refractivity contribution < 1.29 is 9.47 Å². The van der Waals surface area contributed by atoms with Gasteiger partial charge in [0.1, 0.15) is 23.0 Å². The lowest BCUT2D eigenvalue weighted by Gasteiger charge is -2.31. The predicted octanol–water partition coefficient (Wildman–Crippen LogP) is 21.6. The van der Waals surface area contributed by atoms with E-state index < -0.39 is 0 Å². The molecule has 0 unspecified atom stereocenters. The zero-order valence-electron chi connectivity index (χ0n) is 45.0. The fraction of sp³-hybridized carbons (Fsp3) is 0.353. The van der Waals surface area contributed by atoms with Crippen molar-refractivity contribution in [2.24, 2.45) is 0 Å². The molecule has 0 saturated heterocycles. The average Bonchev–Trinajstić information content (AvgIpc) is 3.32. The lowest BCUT2D eigenvalue weighted by atomic mass is 9.75. The van der Waals surface area contributed by atoms with Crippen LogP contribution in [0.2, 0.25) is 0 Å². The van der Waals surface area contributed by atoms with Gasteiger partial charge in [0.05, 0.1) is 0 Å². The Kier molecular flexibility index (Phi) is 13.4. The van der Waals surface area contributed by atoms with Crippen LogP contribution in [0.15, 0.2) is 121 Å². The molecule has 70 heavy (non-hydrogen) atoms. The van der Waals surface area contributed by atoms with Crippen LogP contribution in [-0.4, -0.2) is 0 Å². The second kappa shape index (κ2) is 19.2. The zero-order chi connectivity index (χ0) is 50.0. The summed E-state index contributed by atoms with van der Waals surface area (Å²) >= 11 is 0. The number of hydrogen-bond donors (Lipinski definition) is 0. The number of ether oxygens (including phenoxy) is 2. The van der Waals surface area contributed by atoms with Gasteiger partial charge >= 0.3 is 0 Å². The lowest BCUT2D eigenvalue weighted by molar-refractivity contribution is 0.468. The van der Waals surface area contributed by atoms with Crippen molar-refractivity contribution in [3.05, 3.63) is 166 Å². The summed E-state index contributed by atoms with van der Waals surface area (Å²) in [5.41, 5.74) is 15.3. The van der Waals surface area contributed by atoms with Gasteiger partial charge in [0.25, 0.3) is 0 Å². The number of rotatable bonds is 14. The van der Waals surface area contributed by atoms with Crippen molar-refractivity contribution in [1.29, 1.82) is 0 Å². The predicted molar refractivity (Wildman–Crippen MR) is 304 cm³/mol. The second-order valence-electron chi connectivity index (χ2n) is 22.6. The molecule has 0 spiro atoms. The lowest BCUT2D eigenvalue weighted by Crippen LogP contribution is -2.08. The third-order valence-electron chi connectivity index (χ3n) is 15.1. The molecule has 0 heterocycles. The number of para-hydroxylation sites is 2. The molecule has 0 aromatic heterocycles. The van der Waals surface area contributed by atoms with E-state index in [1.807, 2.05) is 0 Å². The molecule has 360 valence electrons.